The molecule has 1 aliphatic carbocycles. The molecule has 36 heavy (non-hydrogen) atoms. The van der Waals surface area contributed by atoms with Crippen LogP contribution in [0.3, 0.4) is 0 Å². The van der Waals surface area contributed by atoms with E-state index in [1.54, 1.807) is 0 Å². The van der Waals surface area contributed by atoms with Gasteiger partial charge >= 0.3 is 36.2 Å². The Morgan fingerprint density at radius 1 is 0.528 bits per heavy atom. The Labute approximate surface area is 204 Å². The van der Waals surface area contributed by atoms with Gasteiger partial charge in [-0.1, -0.05) is 23.2 Å². The molecule has 0 atom stereocenters. The zero-order valence-corrected chi connectivity index (χ0v) is 18.3. The first-order valence-electron chi connectivity index (χ1n) is 9.03. The van der Waals surface area contributed by atoms with Gasteiger partial charge in [-0.15, -0.1) is 0 Å². The highest BCUT2D eigenvalue weighted by Gasteiger charge is 2.69. The van der Waals surface area contributed by atoms with Crippen LogP contribution in [0.2, 0.25) is 0 Å². The van der Waals surface area contributed by atoms with E-state index in [1.165, 1.54) is 0 Å². The number of carbonyl (C=O) groups is 4. The Bertz CT molecular complexity index is 1180. The molecule has 0 amide bonds. The van der Waals surface area contributed by atoms with Crippen LogP contribution in [-0.2, 0) is 9.75 Å². The molecule has 0 saturated carbocycles. The molecule has 3 rings (SSSR count). The van der Waals surface area contributed by atoms with Gasteiger partial charge in [-0.3, -0.25) is 0 Å². The van der Waals surface area contributed by atoms with E-state index in [4.69, 9.17) is 23.2 Å². The van der Waals surface area contributed by atoms with Crippen LogP contribution >= 0.6 is 23.2 Å². The Kier molecular flexibility index (Phi) is 6.01. The van der Waals surface area contributed by atoms with Crippen LogP contribution in [0.4, 0.5) is 26.3 Å². The van der Waals surface area contributed by atoms with Gasteiger partial charge in [0.1, 0.15) is 0 Å². The number of aromatic carboxylic acids is 4. The summed E-state index contributed by atoms with van der Waals surface area (Å²) < 4.78 is 86.6. The lowest BCUT2D eigenvalue weighted by Crippen LogP contribution is -2.51. The quantitative estimate of drug-likeness (QED) is 0.305. The summed E-state index contributed by atoms with van der Waals surface area (Å²) in [5, 5.41) is 37.2. The number of hydrogen-bond acceptors (Lipinski definition) is 4. The SMILES string of the molecule is O=C(O)c1cc2c(cc1C(=O)O)C(Cl)(C(F)(F)F)c1cc(C(=O)O)c(C(=O)O)cc1C2(Cl)C(F)(F)F. The summed E-state index contributed by atoms with van der Waals surface area (Å²) in [6.07, 6.45) is -11.5. The molecule has 16 heteroatoms. The first-order chi connectivity index (χ1) is 16.2. The van der Waals surface area contributed by atoms with Gasteiger partial charge in [-0.2, -0.15) is 26.3 Å². The second-order valence-electron chi connectivity index (χ2n) is 7.42. The second-order valence-corrected chi connectivity index (χ2v) is 8.55. The molecule has 0 aliphatic heterocycles. The van der Waals surface area contributed by atoms with Crippen LogP contribution in [0.1, 0.15) is 63.7 Å². The summed E-state index contributed by atoms with van der Waals surface area (Å²) in [4.78, 5) is 38.0. The molecule has 0 saturated heterocycles. The zero-order valence-electron chi connectivity index (χ0n) is 16.8. The topological polar surface area (TPSA) is 149 Å². The van der Waals surface area contributed by atoms with E-state index in [2.05, 4.69) is 0 Å². The number of fused-ring (bicyclic) bond motifs is 2. The van der Waals surface area contributed by atoms with E-state index in [-0.39, 0.29) is 24.3 Å². The summed E-state index contributed by atoms with van der Waals surface area (Å²) in [6, 6.07) is -0.171. The molecular formula is C20H8Cl2F6O8. The molecule has 1 aliphatic rings. The average Bonchev–Trinajstić information content (AvgIpc) is 2.73. The van der Waals surface area contributed by atoms with Gasteiger partial charge in [-0.25, -0.2) is 19.2 Å². The average molecular weight is 561 g/mol. The number of halogens is 8. The van der Waals surface area contributed by atoms with E-state index in [0.717, 1.165) is 0 Å². The van der Waals surface area contributed by atoms with E-state index < -0.39 is 90.5 Å². The molecule has 2 aromatic rings. The van der Waals surface area contributed by atoms with Crippen LogP contribution in [0.5, 0.6) is 0 Å². The summed E-state index contributed by atoms with van der Waals surface area (Å²) in [7, 11) is 0. The minimum absolute atomic E-state index is 0.0427. The van der Waals surface area contributed by atoms with Crippen molar-refractivity contribution in [3.8, 4) is 0 Å². The lowest BCUT2D eigenvalue weighted by atomic mass is 9.68. The van der Waals surface area contributed by atoms with Gasteiger partial charge in [0.15, 0.2) is 9.75 Å². The minimum Gasteiger partial charge on any atom is -0.478 e. The number of hydrogen-bond donors (Lipinski definition) is 4. The van der Waals surface area contributed by atoms with Gasteiger partial charge in [0.25, 0.3) is 0 Å². The standard InChI is InChI=1S/C20H8Cl2F6O8/c21-17(19(23,24)25)9-1-5(13(29)30)6(14(31)32)2-10(9)18(22,20(26,27)28)12-4-8(16(35)36)7(15(33)34)3-11(12)17/h1-4H,(H,29,30)(H,31,32)(H,33,34)(H,35,36). The third-order valence-corrected chi connectivity index (χ3v) is 6.75. The second kappa shape index (κ2) is 8.00. The van der Waals surface area contributed by atoms with Crippen LogP contribution < -0.4 is 0 Å². The largest absolute Gasteiger partial charge is 0.478 e. The normalized spacial score (nSPS) is 21.3. The first-order valence-corrected chi connectivity index (χ1v) is 9.79. The van der Waals surface area contributed by atoms with E-state index >= 15 is 0 Å². The van der Waals surface area contributed by atoms with Crippen LogP contribution in [0.25, 0.3) is 0 Å². The number of carboxylic acids is 4. The minimum atomic E-state index is -5.77. The summed E-state index contributed by atoms with van der Waals surface area (Å²) in [5.41, 5.74) is -12.1. The summed E-state index contributed by atoms with van der Waals surface area (Å²) >= 11 is 11.8. The van der Waals surface area contributed by atoms with Crippen molar-refractivity contribution in [3.05, 3.63) is 68.8 Å². The maximum atomic E-state index is 14.4. The molecule has 4 N–H and O–H groups in total. The summed E-state index contributed by atoms with van der Waals surface area (Å²) in [5.74, 6) is -8.55. The molecule has 2 aromatic carbocycles. The highest BCUT2D eigenvalue weighted by Crippen LogP contribution is 2.64. The Morgan fingerprint density at radius 2 is 0.694 bits per heavy atom. The molecule has 0 heterocycles. The number of carboxylic acid groups (broad SMARTS) is 4. The fraction of sp³-hybridized carbons (Fsp3) is 0.200. The highest BCUT2D eigenvalue weighted by atomic mass is 35.5. The third kappa shape index (κ3) is 3.54. The molecular weight excluding hydrogens is 553 g/mol. The van der Waals surface area contributed by atoms with Crippen LogP contribution in [0.15, 0.2) is 24.3 Å². The Hall–Kier alpha value is -3.52. The van der Waals surface area contributed by atoms with E-state index in [0.29, 0.717) is 0 Å². The van der Waals surface area contributed by atoms with Crippen molar-refractivity contribution in [2.24, 2.45) is 0 Å². The Morgan fingerprint density at radius 3 is 0.806 bits per heavy atom. The van der Waals surface area contributed by atoms with Gasteiger partial charge in [0, 0.05) is 0 Å². The molecule has 0 bridgehead atoms. The fourth-order valence-corrected chi connectivity index (χ4v) is 4.57. The van der Waals surface area contributed by atoms with Crippen molar-refractivity contribution in [2.75, 3.05) is 0 Å². The fourth-order valence-electron chi connectivity index (χ4n) is 3.95. The molecule has 0 spiro atoms. The lowest BCUT2D eigenvalue weighted by Gasteiger charge is -2.45. The Balaban J connectivity index is 2.73. The lowest BCUT2D eigenvalue weighted by molar-refractivity contribution is -0.167. The smallest absolute Gasteiger partial charge is 0.415 e. The van der Waals surface area contributed by atoms with Crippen molar-refractivity contribution in [2.45, 2.75) is 22.1 Å². The maximum Gasteiger partial charge on any atom is 0.415 e. The van der Waals surface area contributed by atoms with Crippen molar-refractivity contribution >= 4 is 47.1 Å². The molecule has 0 unspecified atom stereocenters. The number of rotatable bonds is 4. The van der Waals surface area contributed by atoms with Crippen LogP contribution in [-0.4, -0.2) is 56.7 Å². The number of alkyl halides is 8. The van der Waals surface area contributed by atoms with Crippen molar-refractivity contribution in [1.82, 2.24) is 0 Å². The third-order valence-electron chi connectivity index (χ3n) is 5.50. The number of benzene rings is 2. The van der Waals surface area contributed by atoms with Crippen molar-refractivity contribution in [1.29, 1.82) is 0 Å². The predicted molar refractivity (Wildman–Crippen MR) is 106 cm³/mol. The molecule has 0 aromatic heterocycles. The zero-order chi connectivity index (χ0) is 27.8. The van der Waals surface area contributed by atoms with Crippen molar-refractivity contribution in [3.63, 3.8) is 0 Å². The highest BCUT2D eigenvalue weighted by molar-refractivity contribution is 6.31. The van der Waals surface area contributed by atoms with Gasteiger partial charge in [0.2, 0.25) is 0 Å². The summed E-state index contributed by atoms with van der Waals surface area (Å²) in [6.45, 7) is 0. The van der Waals surface area contributed by atoms with Crippen molar-refractivity contribution < 1.29 is 65.9 Å². The van der Waals surface area contributed by atoms with E-state index in [9.17, 15) is 65.9 Å². The molecule has 8 nitrogen and oxygen atoms in total. The molecule has 192 valence electrons. The molecule has 0 fully saturated rings. The molecule has 0 radical (unpaired) electrons. The van der Waals surface area contributed by atoms with Gasteiger partial charge in [0.05, 0.1) is 22.3 Å². The van der Waals surface area contributed by atoms with Gasteiger partial charge in [-0.05, 0) is 46.5 Å². The first kappa shape index (κ1) is 27.1. The van der Waals surface area contributed by atoms with E-state index in [1.807, 2.05) is 0 Å². The predicted octanol–water partition coefficient (Wildman–Crippen LogP) is 4.88. The van der Waals surface area contributed by atoms with Crippen LogP contribution in [0, 0.1) is 0 Å². The maximum absolute atomic E-state index is 14.4. The monoisotopic (exact) mass is 560 g/mol. The van der Waals surface area contributed by atoms with Gasteiger partial charge < -0.3 is 20.4 Å².